The van der Waals surface area contributed by atoms with Gasteiger partial charge in [0.15, 0.2) is 11.6 Å². The average molecular weight is 254 g/mol. The highest BCUT2D eigenvalue weighted by molar-refractivity contribution is 5.68. The van der Waals surface area contributed by atoms with E-state index in [1.54, 1.807) is 6.07 Å². The van der Waals surface area contributed by atoms with Crippen molar-refractivity contribution >= 4 is 11.4 Å². The lowest BCUT2D eigenvalue weighted by Gasteiger charge is -2.30. The lowest BCUT2D eigenvalue weighted by Crippen LogP contribution is -2.28. The van der Waals surface area contributed by atoms with Gasteiger partial charge in [-0.1, -0.05) is 27.7 Å². The first-order chi connectivity index (χ1) is 8.27. The minimum Gasteiger partial charge on any atom is -0.494 e. The molecule has 1 aromatic rings. The fourth-order valence-corrected chi connectivity index (χ4v) is 1.41. The molecule has 0 heterocycles. The van der Waals surface area contributed by atoms with Gasteiger partial charge in [0.2, 0.25) is 0 Å². The number of rotatable bonds is 5. The molecular formula is C14H23FN2O. The van der Waals surface area contributed by atoms with Crippen molar-refractivity contribution in [1.29, 1.82) is 0 Å². The molecule has 0 atom stereocenters. The molecule has 0 saturated carbocycles. The highest BCUT2D eigenvalue weighted by Gasteiger charge is 2.22. The molecule has 0 radical (unpaired) electrons. The maximum Gasteiger partial charge on any atom is 0.167 e. The number of anilines is 2. The molecule has 0 aliphatic heterocycles. The van der Waals surface area contributed by atoms with Gasteiger partial charge in [0, 0.05) is 18.7 Å². The summed E-state index contributed by atoms with van der Waals surface area (Å²) in [6, 6.07) is 2.88. The van der Waals surface area contributed by atoms with Gasteiger partial charge < -0.3 is 15.8 Å². The quantitative estimate of drug-likeness (QED) is 0.790. The Labute approximate surface area is 109 Å². The molecule has 0 saturated heterocycles. The van der Waals surface area contributed by atoms with Crippen LogP contribution in [-0.2, 0) is 0 Å². The van der Waals surface area contributed by atoms with Crippen molar-refractivity contribution in [2.45, 2.75) is 27.7 Å². The molecule has 0 spiro atoms. The number of nitrogens with one attached hydrogen (secondary N) is 1. The topological polar surface area (TPSA) is 47.3 Å². The Morgan fingerprint density at radius 3 is 2.50 bits per heavy atom. The van der Waals surface area contributed by atoms with E-state index in [2.05, 4.69) is 33.0 Å². The van der Waals surface area contributed by atoms with E-state index in [-0.39, 0.29) is 11.2 Å². The summed E-state index contributed by atoms with van der Waals surface area (Å²) in [4.78, 5) is 0. The molecule has 0 aliphatic carbocycles. The molecule has 0 unspecified atom stereocenters. The molecule has 0 bridgehead atoms. The van der Waals surface area contributed by atoms with Crippen LogP contribution in [-0.4, -0.2) is 13.7 Å². The van der Waals surface area contributed by atoms with Crippen molar-refractivity contribution in [3.05, 3.63) is 17.9 Å². The fourth-order valence-electron chi connectivity index (χ4n) is 1.41. The Bertz CT molecular complexity index is 417. The zero-order valence-electron chi connectivity index (χ0n) is 11.8. The lowest BCUT2D eigenvalue weighted by atomic mass is 9.81. The summed E-state index contributed by atoms with van der Waals surface area (Å²) in [5, 5.41) is 3.26. The van der Waals surface area contributed by atoms with E-state index >= 15 is 0 Å². The van der Waals surface area contributed by atoms with Crippen LogP contribution in [0.3, 0.4) is 0 Å². The molecule has 0 aliphatic rings. The SMILES string of the molecule is COc1cc(NCC(C)(C)C(C)C)c(N)cc1F. The number of nitrogens with two attached hydrogens (primary N) is 1. The number of ether oxygens (including phenoxy) is 1. The van der Waals surface area contributed by atoms with Crippen LogP contribution in [0.15, 0.2) is 12.1 Å². The van der Waals surface area contributed by atoms with Crippen molar-refractivity contribution in [2.75, 3.05) is 24.7 Å². The monoisotopic (exact) mass is 254 g/mol. The van der Waals surface area contributed by atoms with Crippen LogP contribution in [0.2, 0.25) is 0 Å². The van der Waals surface area contributed by atoms with E-state index in [9.17, 15) is 4.39 Å². The molecule has 0 aromatic heterocycles. The largest absolute Gasteiger partial charge is 0.494 e. The molecule has 0 fully saturated rings. The summed E-state index contributed by atoms with van der Waals surface area (Å²) >= 11 is 0. The zero-order valence-corrected chi connectivity index (χ0v) is 11.8. The van der Waals surface area contributed by atoms with Crippen LogP contribution in [0.5, 0.6) is 5.75 Å². The first kappa shape index (κ1) is 14.6. The molecule has 4 heteroatoms. The number of nitrogen functional groups attached to an aromatic ring is 1. The summed E-state index contributed by atoms with van der Waals surface area (Å²) in [6.45, 7) is 9.49. The number of halogens is 1. The third kappa shape index (κ3) is 3.28. The van der Waals surface area contributed by atoms with Crippen LogP contribution in [0.25, 0.3) is 0 Å². The average Bonchev–Trinajstić information content (AvgIpc) is 2.27. The van der Waals surface area contributed by atoms with E-state index in [1.807, 2.05) is 0 Å². The van der Waals surface area contributed by atoms with Crippen LogP contribution in [0.1, 0.15) is 27.7 Å². The Kier molecular flexibility index (Phi) is 4.43. The molecule has 102 valence electrons. The Morgan fingerprint density at radius 2 is 2.00 bits per heavy atom. The minimum absolute atomic E-state index is 0.133. The van der Waals surface area contributed by atoms with Crippen molar-refractivity contribution in [1.82, 2.24) is 0 Å². The van der Waals surface area contributed by atoms with Crippen molar-refractivity contribution in [3.63, 3.8) is 0 Å². The summed E-state index contributed by atoms with van der Waals surface area (Å²) in [5.41, 5.74) is 7.03. The summed E-state index contributed by atoms with van der Waals surface area (Å²) in [7, 11) is 1.44. The van der Waals surface area contributed by atoms with Crippen molar-refractivity contribution in [2.24, 2.45) is 11.3 Å². The second-order valence-electron chi connectivity index (χ2n) is 5.57. The zero-order chi connectivity index (χ0) is 13.9. The van der Waals surface area contributed by atoms with E-state index in [0.717, 1.165) is 6.54 Å². The number of hydrogen-bond donors (Lipinski definition) is 2. The van der Waals surface area contributed by atoms with Gasteiger partial charge in [0.25, 0.3) is 0 Å². The first-order valence-electron chi connectivity index (χ1n) is 6.15. The Balaban J connectivity index is 2.85. The molecule has 0 amide bonds. The predicted molar refractivity (Wildman–Crippen MR) is 74.5 cm³/mol. The van der Waals surface area contributed by atoms with Gasteiger partial charge in [0.05, 0.1) is 18.5 Å². The normalized spacial score (nSPS) is 11.7. The highest BCUT2D eigenvalue weighted by Crippen LogP contribution is 2.31. The number of benzene rings is 1. The molecule has 1 rings (SSSR count). The van der Waals surface area contributed by atoms with E-state index < -0.39 is 5.82 Å². The first-order valence-corrected chi connectivity index (χ1v) is 6.15. The molecule has 3 nitrogen and oxygen atoms in total. The lowest BCUT2D eigenvalue weighted by molar-refractivity contribution is 0.269. The number of hydrogen-bond acceptors (Lipinski definition) is 3. The minimum atomic E-state index is -0.441. The fraction of sp³-hybridized carbons (Fsp3) is 0.571. The maximum absolute atomic E-state index is 13.4. The second-order valence-corrected chi connectivity index (χ2v) is 5.57. The Morgan fingerprint density at radius 1 is 1.39 bits per heavy atom. The molecule has 18 heavy (non-hydrogen) atoms. The van der Waals surface area contributed by atoms with E-state index in [1.165, 1.54) is 13.2 Å². The second kappa shape index (κ2) is 5.46. The van der Waals surface area contributed by atoms with Crippen LogP contribution in [0, 0.1) is 17.2 Å². The van der Waals surface area contributed by atoms with Crippen molar-refractivity contribution < 1.29 is 9.13 Å². The third-order valence-corrected chi connectivity index (χ3v) is 3.62. The van der Waals surface area contributed by atoms with Gasteiger partial charge in [-0.15, -0.1) is 0 Å². The van der Waals surface area contributed by atoms with Gasteiger partial charge in [-0.3, -0.25) is 0 Å². The highest BCUT2D eigenvalue weighted by atomic mass is 19.1. The van der Waals surface area contributed by atoms with E-state index in [4.69, 9.17) is 10.5 Å². The molecule has 3 N–H and O–H groups in total. The number of methoxy groups -OCH3 is 1. The summed E-state index contributed by atoms with van der Waals surface area (Å²) in [5.74, 6) is 0.297. The summed E-state index contributed by atoms with van der Waals surface area (Å²) < 4.78 is 18.3. The molecular weight excluding hydrogens is 231 g/mol. The van der Waals surface area contributed by atoms with E-state index in [0.29, 0.717) is 17.3 Å². The van der Waals surface area contributed by atoms with Crippen LogP contribution in [0.4, 0.5) is 15.8 Å². The van der Waals surface area contributed by atoms with Gasteiger partial charge in [0.1, 0.15) is 0 Å². The van der Waals surface area contributed by atoms with Gasteiger partial charge in [-0.05, 0) is 11.3 Å². The summed E-state index contributed by atoms with van der Waals surface area (Å²) in [6.07, 6.45) is 0. The standard InChI is InChI=1S/C14H23FN2O/c1-9(2)14(3,4)8-17-12-7-13(18-5)10(15)6-11(12)16/h6-7,9,17H,8,16H2,1-5H3. The smallest absolute Gasteiger partial charge is 0.167 e. The van der Waals surface area contributed by atoms with Gasteiger partial charge >= 0.3 is 0 Å². The predicted octanol–water partition coefficient (Wildman–Crippen LogP) is 3.51. The van der Waals surface area contributed by atoms with Gasteiger partial charge in [-0.25, -0.2) is 4.39 Å². The van der Waals surface area contributed by atoms with Crippen LogP contribution < -0.4 is 15.8 Å². The third-order valence-electron chi connectivity index (χ3n) is 3.62. The Hall–Kier alpha value is -1.45. The maximum atomic E-state index is 13.4. The molecule has 1 aromatic carbocycles. The van der Waals surface area contributed by atoms with Gasteiger partial charge in [-0.2, -0.15) is 0 Å². The van der Waals surface area contributed by atoms with Crippen LogP contribution >= 0.6 is 0 Å². The van der Waals surface area contributed by atoms with Crippen molar-refractivity contribution in [3.8, 4) is 5.75 Å².